The molecule has 1 aromatic heterocycles. The number of nitrogens with zero attached hydrogens (tertiary/aromatic N) is 2. The van der Waals surface area contributed by atoms with Crippen LogP contribution in [-0.2, 0) is 9.59 Å². The van der Waals surface area contributed by atoms with E-state index in [1.165, 1.54) is 4.90 Å². The van der Waals surface area contributed by atoms with E-state index in [4.69, 9.17) is 9.47 Å². The topological polar surface area (TPSA) is 80.8 Å². The zero-order valence-corrected chi connectivity index (χ0v) is 15.1. The number of anilines is 2. The standard InChI is InChI=1S/C17H16BrN3O4/c1-2-24-12-5-3-11(4-6-12)19-15(22)9-21-16(23)10-25-13-7-8-14(18)20-17(13)21/h3-8H,2,9-10H2,1H3,(H,19,22). The van der Waals surface area contributed by atoms with Crippen molar-refractivity contribution in [3.05, 3.63) is 41.0 Å². The summed E-state index contributed by atoms with van der Waals surface area (Å²) in [6, 6.07) is 10.4. The monoisotopic (exact) mass is 405 g/mol. The molecule has 8 heteroatoms. The van der Waals surface area contributed by atoms with Crippen LogP contribution in [0.1, 0.15) is 6.92 Å². The summed E-state index contributed by atoms with van der Waals surface area (Å²) in [5.41, 5.74) is 0.622. The van der Waals surface area contributed by atoms with E-state index in [2.05, 4.69) is 26.2 Å². The number of fused-ring (bicyclic) bond motifs is 1. The zero-order valence-electron chi connectivity index (χ0n) is 13.5. The summed E-state index contributed by atoms with van der Waals surface area (Å²) in [6.45, 7) is 2.21. The summed E-state index contributed by atoms with van der Waals surface area (Å²) in [6.07, 6.45) is 0. The molecule has 0 bridgehead atoms. The lowest BCUT2D eigenvalue weighted by Gasteiger charge is -2.27. The summed E-state index contributed by atoms with van der Waals surface area (Å²) < 4.78 is 11.3. The highest BCUT2D eigenvalue weighted by molar-refractivity contribution is 9.10. The Kier molecular flexibility index (Phi) is 5.18. The number of benzene rings is 1. The van der Waals surface area contributed by atoms with Crippen LogP contribution in [0.3, 0.4) is 0 Å². The van der Waals surface area contributed by atoms with Gasteiger partial charge < -0.3 is 14.8 Å². The molecule has 25 heavy (non-hydrogen) atoms. The SMILES string of the molecule is CCOc1ccc(NC(=O)CN2C(=O)COc3ccc(Br)nc32)cc1. The fraction of sp³-hybridized carbons (Fsp3) is 0.235. The molecule has 0 fully saturated rings. The first-order valence-corrected chi connectivity index (χ1v) is 8.48. The number of hydrogen-bond donors (Lipinski definition) is 1. The number of ether oxygens (including phenoxy) is 2. The van der Waals surface area contributed by atoms with Gasteiger partial charge in [0, 0.05) is 5.69 Å². The van der Waals surface area contributed by atoms with Crippen molar-refractivity contribution >= 4 is 39.2 Å². The molecule has 1 aliphatic rings. The van der Waals surface area contributed by atoms with Crippen LogP contribution in [-0.4, -0.2) is 36.6 Å². The lowest BCUT2D eigenvalue weighted by Crippen LogP contribution is -2.44. The van der Waals surface area contributed by atoms with Gasteiger partial charge in [0.1, 0.15) is 16.9 Å². The van der Waals surface area contributed by atoms with Gasteiger partial charge in [0.15, 0.2) is 18.2 Å². The number of amides is 2. The second-order valence-corrected chi connectivity index (χ2v) is 6.04. The summed E-state index contributed by atoms with van der Waals surface area (Å²) >= 11 is 3.26. The Morgan fingerprint density at radius 3 is 2.80 bits per heavy atom. The van der Waals surface area contributed by atoms with Crippen molar-refractivity contribution in [2.75, 3.05) is 30.0 Å². The van der Waals surface area contributed by atoms with Crippen LogP contribution in [0.15, 0.2) is 41.0 Å². The van der Waals surface area contributed by atoms with E-state index in [9.17, 15) is 9.59 Å². The molecule has 2 aromatic rings. The highest BCUT2D eigenvalue weighted by Gasteiger charge is 2.28. The average molecular weight is 406 g/mol. The van der Waals surface area contributed by atoms with Crippen LogP contribution in [0.2, 0.25) is 0 Å². The van der Waals surface area contributed by atoms with E-state index in [1.807, 2.05) is 6.92 Å². The van der Waals surface area contributed by atoms with Crippen LogP contribution >= 0.6 is 15.9 Å². The number of carbonyl (C=O) groups excluding carboxylic acids is 2. The van der Waals surface area contributed by atoms with E-state index in [0.29, 0.717) is 28.5 Å². The van der Waals surface area contributed by atoms with Gasteiger partial charge in [-0.1, -0.05) is 0 Å². The van der Waals surface area contributed by atoms with Gasteiger partial charge in [-0.2, -0.15) is 0 Å². The van der Waals surface area contributed by atoms with E-state index >= 15 is 0 Å². The summed E-state index contributed by atoms with van der Waals surface area (Å²) in [4.78, 5) is 30.0. The number of nitrogens with one attached hydrogen (secondary N) is 1. The number of aromatic nitrogens is 1. The Morgan fingerprint density at radius 2 is 2.08 bits per heavy atom. The predicted octanol–water partition coefficient (Wildman–Crippen LogP) is 2.61. The third kappa shape index (κ3) is 4.08. The predicted molar refractivity (Wildman–Crippen MR) is 96.0 cm³/mol. The van der Waals surface area contributed by atoms with Gasteiger partial charge in [-0.15, -0.1) is 0 Å². The zero-order chi connectivity index (χ0) is 17.8. The fourth-order valence-corrected chi connectivity index (χ4v) is 2.66. The van der Waals surface area contributed by atoms with Crippen LogP contribution in [0.5, 0.6) is 11.5 Å². The molecular formula is C17H16BrN3O4. The van der Waals surface area contributed by atoms with E-state index in [0.717, 1.165) is 5.75 Å². The lowest BCUT2D eigenvalue weighted by atomic mass is 10.3. The molecule has 2 heterocycles. The van der Waals surface area contributed by atoms with Crippen molar-refractivity contribution in [3.63, 3.8) is 0 Å². The van der Waals surface area contributed by atoms with Crippen molar-refractivity contribution < 1.29 is 19.1 Å². The van der Waals surface area contributed by atoms with E-state index in [1.54, 1.807) is 36.4 Å². The number of rotatable bonds is 5. The molecular weight excluding hydrogens is 390 g/mol. The van der Waals surface area contributed by atoms with Crippen molar-refractivity contribution in [1.82, 2.24) is 4.98 Å². The van der Waals surface area contributed by atoms with Crippen molar-refractivity contribution in [3.8, 4) is 11.5 Å². The second kappa shape index (κ2) is 7.52. The summed E-state index contributed by atoms with van der Waals surface area (Å²) in [7, 11) is 0. The third-order valence-electron chi connectivity index (χ3n) is 3.46. The molecule has 1 aliphatic heterocycles. The minimum atomic E-state index is -0.327. The quantitative estimate of drug-likeness (QED) is 0.773. The normalized spacial score (nSPS) is 13.0. The van der Waals surface area contributed by atoms with Crippen LogP contribution in [0.25, 0.3) is 0 Å². The van der Waals surface area contributed by atoms with Gasteiger partial charge in [-0.3, -0.25) is 14.5 Å². The molecule has 1 N–H and O–H groups in total. The highest BCUT2D eigenvalue weighted by Crippen LogP contribution is 2.31. The van der Waals surface area contributed by atoms with Crippen LogP contribution in [0.4, 0.5) is 11.5 Å². The van der Waals surface area contributed by atoms with Crippen LogP contribution < -0.4 is 19.7 Å². The van der Waals surface area contributed by atoms with Gasteiger partial charge in [-0.05, 0) is 59.3 Å². The Hall–Kier alpha value is -2.61. The van der Waals surface area contributed by atoms with Gasteiger partial charge in [0.2, 0.25) is 5.91 Å². The molecule has 2 amide bonds. The summed E-state index contributed by atoms with van der Waals surface area (Å²) in [5.74, 6) is 0.878. The third-order valence-corrected chi connectivity index (χ3v) is 3.91. The maximum Gasteiger partial charge on any atom is 0.266 e. The van der Waals surface area contributed by atoms with Gasteiger partial charge in [0.25, 0.3) is 5.91 Å². The number of pyridine rings is 1. The molecule has 0 radical (unpaired) electrons. The first kappa shape index (κ1) is 17.2. The van der Waals surface area contributed by atoms with Crippen molar-refractivity contribution in [2.45, 2.75) is 6.92 Å². The molecule has 0 saturated carbocycles. The Balaban J connectivity index is 1.70. The highest BCUT2D eigenvalue weighted by atomic mass is 79.9. The summed E-state index contributed by atoms with van der Waals surface area (Å²) in [5, 5.41) is 2.76. The van der Waals surface area contributed by atoms with Gasteiger partial charge in [-0.25, -0.2) is 4.98 Å². The smallest absolute Gasteiger partial charge is 0.266 e. The molecule has 0 atom stereocenters. The number of hydrogen-bond acceptors (Lipinski definition) is 5. The van der Waals surface area contributed by atoms with Gasteiger partial charge in [0.05, 0.1) is 6.61 Å². The minimum Gasteiger partial charge on any atom is -0.494 e. The molecule has 0 unspecified atom stereocenters. The molecule has 0 aliphatic carbocycles. The first-order valence-electron chi connectivity index (χ1n) is 7.69. The largest absolute Gasteiger partial charge is 0.494 e. The van der Waals surface area contributed by atoms with E-state index < -0.39 is 0 Å². The number of halogens is 1. The number of carbonyl (C=O) groups is 2. The molecule has 3 rings (SSSR count). The Labute approximate surface area is 153 Å². The van der Waals surface area contributed by atoms with Crippen LogP contribution in [0, 0.1) is 0 Å². The van der Waals surface area contributed by atoms with Crippen molar-refractivity contribution in [1.29, 1.82) is 0 Å². The maximum absolute atomic E-state index is 12.3. The molecule has 0 spiro atoms. The maximum atomic E-state index is 12.3. The average Bonchev–Trinajstić information content (AvgIpc) is 2.59. The van der Waals surface area contributed by atoms with Gasteiger partial charge >= 0.3 is 0 Å². The first-order chi connectivity index (χ1) is 12.1. The second-order valence-electron chi connectivity index (χ2n) is 5.23. The van der Waals surface area contributed by atoms with Crippen molar-refractivity contribution in [2.24, 2.45) is 0 Å². The molecule has 130 valence electrons. The molecule has 7 nitrogen and oxygen atoms in total. The molecule has 0 saturated heterocycles. The van der Waals surface area contributed by atoms with E-state index in [-0.39, 0.29) is 25.0 Å². The minimum absolute atomic E-state index is 0.118. The Morgan fingerprint density at radius 1 is 1.32 bits per heavy atom. The fourth-order valence-electron chi connectivity index (χ4n) is 2.36. The Bertz CT molecular complexity index is 795. The molecule has 1 aromatic carbocycles. The lowest BCUT2D eigenvalue weighted by molar-refractivity contribution is -0.123.